The van der Waals surface area contributed by atoms with Crippen LogP contribution in [0.5, 0.6) is 0 Å². The van der Waals surface area contributed by atoms with Crippen LogP contribution in [0.2, 0.25) is 0 Å². The van der Waals surface area contributed by atoms with Gasteiger partial charge in [-0.15, -0.1) is 5.10 Å². The maximum atomic E-state index is 12.7. The summed E-state index contributed by atoms with van der Waals surface area (Å²) in [5, 5.41) is 59.4. The number of aliphatic hydroxyl groups is 4. The van der Waals surface area contributed by atoms with Gasteiger partial charge in [-0.1, -0.05) is 30.2 Å². The molecule has 77 heavy (non-hydrogen) atoms. The Balaban J connectivity index is 0.928. The predicted octanol–water partition coefficient (Wildman–Crippen LogP) is 0.151. The molecule has 0 spiro atoms. The molecule has 3 aromatic rings. The molecule has 0 aliphatic carbocycles. The molecule has 2 unspecified atom stereocenters. The number of aliphatic hydroxyl groups excluding tert-OH is 4. The molecule has 430 valence electrons. The van der Waals surface area contributed by atoms with Crippen LogP contribution in [0, 0.1) is 0 Å². The molecule has 5 rings (SSSR count). The molecule has 2 aliphatic rings. The first-order valence-corrected chi connectivity index (χ1v) is 27.8. The number of alkyl halides is 1. The Hall–Kier alpha value is -5.08. The van der Waals surface area contributed by atoms with E-state index in [-0.39, 0.29) is 35.2 Å². The lowest BCUT2D eigenvalue weighted by Gasteiger charge is -2.20. The number of allylic oxidation sites excluding steroid dienone is 3. The first kappa shape index (κ1) is 62.8. The van der Waals surface area contributed by atoms with E-state index < -0.39 is 90.5 Å². The number of nitrogens with two attached hydrogens (primary N) is 1. The van der Waals surface area contributed by atoms with Gasteiger partial charge in [-0.2, -0.15) is 4.31 Å². The number of hydrogen-bond acceptors (Lipinski definition) is 23. The molecule has 2 fully saturated rings. The molecule has 3 amide bonds. The van der Waals surface area contributed by atoms with Gasteiger partial charge < -0.3 is 70.8 Å². The zero-order valence-electron chi connectivity index (χ0n) is 42.3. The standard InChI is InChI=1S/C44H69FN12O18P2/c1-2-3-11-29(40(46)64)22-50-43-38(62)36(60)31(73-43)25-71-76(65,66)75-77(67,68)72-26-32-37(61)39(63)44(74-32)57-28-53-35-41(51-27-52-42(35)57)49-17-10-16-48-34(59)12-6-4-8-15-47-33(58)13-7-5-9-18-56-23-30(54-55-56)24-70-21-20-69-19-14-45/h2-3,11,22-23,27-28,31-32,36-39,43-44,60-63H,4-10,12-21,24-26H2,1H3,(H2,46,64)(H,47,58)(H,48,59)(H,65,66)(H,67,68)(H,49,51,52)/b3-2-,29-11+,50-22+/t31-,32-,36-,37-,38-,39-,43-,44-/m1/s1. The fourth-order valence-corrected chi connectivity index (χ4v) is 9.62. The van der Waals surface area contributed by atoms with Crippen molar-refractivity contribution in [2.75, 3.05) is 64.7 Å². The summed E-state index contributed by atoms with van der Waals surface area (Å²) >= 11 is 0. The number of imidazole rings is 1. The Bertz CT molecular complexity index is 2520. The number of hydrogen-bond donors (Lipinski definition) is 10. The van der Waals surface area contributed by atoms with E-state index in [1.807, 2.05) is 6.20 Å². The van der Waals surface area contributed by atoms with Gasteiger partial charge in [0, 0.05) is 45.2 Å². The zero-order valence-corrected chi connectivity index (χ0v) is 44.1. The SMILES string of the molecule is C\C=C/C=C(\C=N\[C@@H]1O[C@H](COP(=O)(O)OP(=O)(O)OC[C@H]2O[C@@H](n3cnc4c(NCCCNC(=O)CCCCCNC(=O)CCCCCn5cc(COCCOCCF)nn5)ncnc43)[C@H](O)[C@@H]2O)[C@@H](O)[C@H]1O)C(N)=O. The number of aliphatic imine (C=N–C) groups is 1. The highest BCUT2D eigenvalue weighted by atomic mass is 31.3. The highest BCUT2D eigenvalue weighted by Gasteiger charge is 2.47. The monoisotopic (exact) mass is 1130 g/mol. The molecule has 2 saturated heterocycles. The second-order valence-corrected chi connectivity index (χ2v) is 20.5. The molecule has 11 N–H and O–H groups in total. The first-order chi connectivity index (χ1) is 36.9. The summed E-state index contributed by atoms with van der Waals surface area (Å²) in [6.45, 7) is 2.21. The smallest absolute Gasteiger partial charge is 0.387 e. The average molecular weight is 1140 g/mol. The number of phosphoric acid groups is 2. The summed E-state index contributed by atoms with van der Waals surface area (Å²) in [5.41, 5.74) is 6.35. The minimum Gasteiger partial charge on any atom is -0.387 e. The van der Waals surface area contributed by atoms with Gasteiger partial charge in [-0.3, -0.25) is 37.7 Å². The number of phosphoric ester groups is 2. The number of aryl methyl sites for hydroxylation is 1. The van der Waals surface area contributed by atoms with Crippen LogP contribution in [-0.4, -0.2) is 191 Å². The first-order valence-electron chi connectivity index (χ1n) is 24.8. The van der Waals surface area contributed by atoms with Crippen molar-refractivity contribution in [3.63, 3.8) is 0 Å². The second kappa shape index (κ2) is 32.1. The van der Waals surface area contributed by atoms with Gasteiger partial charge in [0.2, 0.25) is 17.7 Å². The maximum absolute atomic E-state index is 12.7. The van der Waals surface area contributed by atoms with E-state index in [0.29, 0.717) is 83.2 Å². The van der Waals surface area contributed by atoms with Crippen LogP contribution >= 0.6 is 15.6 Å². The molecule has 33 heteroatoms. The number of rotatable bonds is 37. The van der Waals surface area contributed by atoms with Crippen molar-refractivity contribution in [3.05, 3.63) is 48.3 Å². The number of primary amides is 1. The Morgan fingerprint density at radius 3 is 2.18 bits per heavy atom. The van der Waals surface area contributed by atoms with E-state index in [9.17, 15) is 58.1 Å². The topological polar surface area (TPSA) is 420 Å². The van der Waals surface area contributed by atoms with Crippen molar-refractivity contribution in [2.45, 2.75) is 127 Å². The number of halogens is 1. The zero-order chi connectivity index (χ0) is 55.8. The molecule has 2 aliphatic heterocycles. The summed E-state index contributed by atoms with van der Waals surface area (Å²) < 4.78 is 75.8. The van der Waals surface area contributed by atoms with Gasteiger partial charge in [0.25, 0.3) is 0 Å². The van der Waals surface area contributed by atoms with Crippen molar-refractivity contribution >= 4 is 56.6 Å². The largest absolute Gasteiger partial charge is 0.481 e. The summed E-state index contributed by atoms with van der Waals surface area (Å²) in [6.07, 6.45) is 3.02. The number of nitrogens with one attached hydrogen (secondary N) is 3. The molecule has 30 nitrogen and oxygen atoms in total. The van der Waals surface area contributed by atoms with Crippen molar-refractivity contribution in [1.82, 2.24) is 45.1 Å². The third kappa shape index (κ3) is 20.9. The third-order valence-electron chi connectivity index (χ3n) is 11.5. The number of nitrogens with zero attached hydrogens (tertiary/aromatic N) is 8. The number of unbranched alkanes of at least 4 members (excludes halogenated alkanes) is 4. The molecular formula is C44H69FN12O18P2. The number of anilines is 1. The minimum absolute atomic E-state index is 0.0145. The van der Waals surface area contributed by atoms with Gasteiger partial charge in [0.05, 0.1) is 57.7 Å². The lowest BCUT2D eigenvalue weighted by molar-refractivity contribution is -0.122. The average Bonchev–Trinajstić information content (AvgIpc) is 4.18. The third-order valence-corrected chi connectivity index (χ3v) is 14.1. The molecule has 0 radical (unpaired) electrons. The summed E-state index contributed by atoms with van der Waals surface area (Å²) in [4.78, 5) is 73.4. The summed E-state index contributed by atoms with van der Waals surface area (Å²) in [5.74, 6) is -0.655. The number of amides is 3. The van der Waals surface area contributed by atoms with E-state index >= 15 is 0 Å². The van der Waals surface area contributed by atoms with E-state index in [0.717, 1.165) is 38.3 Å². The van der Waals surface area contributed by atoms with Crippen LogP contribution in [0.1, 0.15) is 76.6 Å². The molecule has 10 atom stereocenters. The van der Waals surface area contributed by atoms with Gasteiger partial charge in [-0.25, -0.2) is 28.5 Å². The number of aromatic nitrogens is 7. The van der Waals surface area contributed by atoms with Gasteiger partial charge >= 0.3 is 15.6 Å². The van der Waals surface area contributed by atoms with Crippen molar-refractivity contribution in [1.29, 1.82) is 0 Å². The Labute approximate surface area is 441 Å². The quantitative estimate of drug-likeness (QED) is 0.0121. The Kier molecular flexibility index (Phi) is 26.2. The number of carbonyl (C=O) groups excluding carboxylic acids is 3. The molecule has 0 aromatic carbocycles. The maximum Gasteiger partial charge on any atom is 0.481 e. The van der Waals surface area contributed by atoms with Crippen LogP contribution in [0.25, 0.3) is 11.2 Å². The van der Waals surface area contributed by atoms with Gasteiger partial charge in [0.1, 0.15) is 55.3 Å². The van der Waals surface area contributed by atoms with E-state index in [1.54, 1.807) is 17.7 Å². The van der Waals surface area contributed by atoms with E-state index in [4.69, 9.17) is 33.7 Å². The van der Waals surface area contributed by atoms with E-state index in [1.165, 1.54) is 29.4 Å². The molecule has 0 bridgehead atoms. The second-order valence-electron chi connectivity index (χ2n) is 17.5. The summed E-state index contributed by atoms with van der Waals surface area (Å²) in [6, 6.07) is 0. The highest BCUT2D eigenvalue weighted by Crippen LogP contribution is 2.60. The lowest BCUT2D eigenvalue weighted by atomic mass is 10.1. The highest BCUT2D eigenvalue weighted by molar-refractivity contribution is 7.61. The fourth-order valence-electron chi connectivity index (χ4n) is 7.53. The molecule has 5 heterocycles. The van der Waals surface area contributed by atoms with Crippen molar-refractivity contribution in [3.8, 4) is 0 Å². The molecular weight excluding hydrogens is 1070 g/mol. The van der Waals surface area contributed by atoms with Crippen LogP contribution in [0.3, 0.4) is 0 Å². The normalized spacial score (nSPS) is 23.5. The lowest BCUT2D eigenvalue weighted by Crippen LogP contribution is -2.34. The van der Waals surface area contributed by atoms with Gasteiger partial charge in [0.15, 0.2) is 29.4 Å². The molecule has 0 saturated carbocycles. The Morgan fingerprint density at radius 1 is 0.831 bits per heavy atom. The van der Waals surface area contributed by atoms with Gasteiger partial charge in [-0.05, 0) is 45.1 Å². The fraction of sp³-hybridized carbons (Fsp3) is 0.659. The number of ether oxygens (including phenoxy) is 4. The summed E-state index contributed by atoms with van der Waals surface area (Å²) in [7, 11) is -10.9. The minimum atomic E-state index is -5.46. The van der Waals surface area contributed by atoms with Crippen molar-refractivity contribution in [2.24, 2.45) is 10.7 Å². The van der Waals surface area contributed by atoms with Crippen molar-refractivity contribution < 1.29 is 90.4 Å². The van der Waals surface area contributed by atoms with Crippen LogP contribution in [-0.2, 0) is 69.0 Å². The van der Waals surface area contributed by atoms with E-state index in [2.05, 4.69) is 50.5 Å². The Morgan fingerprint density at radius 2 is 1.49 bits per heavy atom. The predicted molar refractivity (Wildman–Crippen MR) is 268 cm³/mol. The van der Waals surface area contributed by atoms with Crippen LogP contribution in [0.15, 0.2) is 47.6 Å². The number of fused-ring (bicyclic) bond motifs is 1. The van der Waals surface area contributed by atoms with Crippen LogP contribution in [0.4, 0.5) is 10.2 Å². The number of carbonyl (C=O) groups is 3. The van der Waals surface area contributed by atoms with Crippen LogP contribution < -0.4 is 21.7 Å². The molecule has 3 aromatic heterocycles.